The third-order valence-electron chi connectivity index (χ3n) is 4.96. The van der Waals surface area contributed by atoms with Gasteiger partial charge in [-0.3, -0.25) is 9.59 Å². The minimum atomic E-state index is -0.921. The van der Waals surface area contributed by atoms with Crippen LogP contribution in [0.15, 0.2) is 36.4 Å². The van der Waals surface area contributed by atoms with E-state index in [0.29, 0.717) is 18.0 Å². The number of nitrogens with one attached hydrogen (secondary N) is 3. The molecule has 1 unspecified atom stereocenters. The van der Waals surface area contributed by atoms with Gasteiger partial charge in [0.2, 0.25) is 11.8 Å². The summed E-state index contributed by atoms with van der Waals surface area (Å²) in [5.74, 6) is -0.0941. The maximum Gasteiger partial charge on any atom is 0.328 e. The van der Waals surface area contributed by atoms with Gasteiger partial charge in [-0.25, -0.2) is 4.79 Å². The fourth-order valence-electron chi connectivity index (χ4n) is 3.39. The number of rotatable bonds is 11. The number of amides is 2. The van der Waals surface area contributed by atoms with Gasteiger partial charge in [-0.1, -0.05) is 12.1 Å². The maximum atomic E-state index is 12.3. The second kappa shape index (κ2) is 12.4. The molecule has 0 saturated carbocycles. The maximum absolute atomic E-state index is 12.3. The van der Waals surface area contributed by atoms with E-state index in [9.17, 15) is 14.4 Å². The molecule has 0 aliphatic rings. The number of hydrogen-bond acceptors (Lipinski definition) is 7. The smallest absolute Gasteiger partial charge is 0.328 e. The molecule has 2 rings (SSSR count). The second-order valence-corrected chi connectivity index (χ2v) is 7.36. The van der Waals surface area contributed by atoms with Crippen LogP contribution >= 0.6 is 0 Å². The van der Waals surface area contributed by atoms with Gasteiger partial charge in [0.25, 0.3) is 0 Å². The highest BCUT2D eigenvalue weighted by atomic mass is 16.5. The number of methoxy groups -OCH3 is 3. The van der Waals surface area contributed by atoms with Gasteiger partial charge in [0.1, 0.15) is 17.5 Å². The van der Waals surface area contributed by atoms with Gasteiger partial charge in [0, 0.05) is 31.0 Å². The summed E-state index contributed by atoms with van der Waals surface area (Å²) in [6.45, 7) is 1.76. The van der Waals surface area contributed by atoms with Crippen molar-refractivity contribution in [3.05, 3.63) is 47.5 Å². The fourth-order valence-corrected chi connectivity index (χ4v) is 3.39. The van der Waals surface area contributed by atoms with Crippen LogP contribution in [0.25, 0.3) is 11.1 Å². The lowest BCUT2D eigenvalue weighted by molar-refractivity contribution is -0.144. The monoisotopic (exact) mass is 457 g/mol. The van der Waals surface area contributed by atoms with E-state index in [-0.39, 0.29) is 18.9 Å². The summed E-state index contributed by atoms with van der Waals surface area (Å²) in [7, 11) is 6.32. The molecule has 9 heteroatoms. The first kappa shape index (κ1) is 25.7. The number of esters is 1. The summed E-state index contributed by atoms with van der Waals surface area (Å²) < 4.78 is 16.0. The highest BCUT2D eigenvalue weighted by Crippen LogP contribution is 2.38. The topological polar surface area (TPSA) is 115 Å². The minimum absolute atomic E-state index is 0.188. The summed E-state index contributed by atoms with van der Waals surface area (Å²) in [6.07, 6.45) is 0.188. The molecule has 1 atom stereocenters. The standard InChI is InChI=1S/C24H31N3O6/c1-15(28)26-14-23(29)27-20(24(30)33-5)12-16-6-8-21(31-3)18(10-16)19-11-17(13-25-2)7-9-22(19)32-4/h6-11,20,25H,12-14H2,1-5H3,(H,26,28)(H,27,29). The Bertz CT molecular complexity index is 992. The third-order valence-corrected chi connectivity index (χ3v) is 4.96. The Labute approximate surface area is 193 Å². The molecule has 0 radical (unpaired) electrons. The molecule has 0 spiro atoms. The Hall–Kier alpha value is -3.59. The molecular weight excluding hydrogens is 426 g/mol. The molecule has 0 fully saturated rings. The van der Waals surface area contributed by atoms with Crippen LogP contribution in [0.5, 0.6) is 11.5 Å². The molecule has 3 N–H and O–H groups in total. The molecule has 2 aromatic rings. The predicted octanol–water partition coefficient (Wildman–Crippen LogP) is 1.43. The van der Waals surface area contributed by atoms with Gasteiger partial charge in [0.15, 0.2) is 0 Å². The van der Waals surface area contributed by atoms with E-state index in [4.69, 9.17) is 14.2 Å². The van der Waals surface area contributed by atoms with E-state index >= 15 is 0 Å². The molecular formula is C24H31N3O6. The molecule has 2 aromatic carbocycles. The van der Waals surface area contributed by atoms with Crippen LogP contribution in [0.3, 0.4) is 0 Å². The molecule has 0 bridgehead atoms. The second-order valence-electron chi connectivity index (χ2n) is 7.36. The van der Waals surface area contributed by atoms with Gasteiger partial charge in [-0.15, -0.1) is 0 Å². The highest BCUT2D eigenvalue weighted by molar-refractivity contribution is 5.88. The first-order chi connectivity index (χ1) is 15.8. The van der Waals surface area contributed by atoms with Crippen molar-refractivity contribution >= 4 is 17.8 Å². The Morgan fingerprint density at radius 1 is 0.909 bits per heavy atom. The van der Waals surface area contributed by atoms with Gasteiger partial charge in [-0.2, -0.15) is 0 Å². The number of hydrogen-bond donors (Lipinski definition) is 3. The van der Waals surface area contributed by atoms with E-state index in [1.165, 1.54) is 14.0 Å². The average Bonchev–Trinajstić information content (AvgIpc) is 2.81. The van der Waals surface area contributed by atoms with Crippen molar-refractivity contribution in [3.63, 3.8) is 0 Å². The number of carbonyl (C=O) groups is 3. The zero-order valence-electron chi connectivity index (χ0n) is 19.6. The lowest BCUT2D eigenvalue weighted by atomic mass is 9.96. The Balaban J connectivity index is 2.39. The lowest BCUT2D eigenvalue weighted by Crippen LogP contribution is -2.46. The molecule has 0 heterocycles. The van der Waals surface area contributed by atoms with E-state index in [0.717, 1.165) is 22.3 Å². The fraction of sp³-hybridized carbons (Fsp3) is 0.375. The SMILES string of the molecule is CNCc1ccc(OC)c(-c2cc(CC(NC(=O)CNC(C)=O)C(=O)OC)ccc2OC)c1. The highest BCUT2D eigenvalue weighted by Gasteiger charge is 2.23. The van der Waals surface area contributed by atoms with Crippen LogP contribution in [-0.4, -0.2) is 58.7 Å². The molecule has 0 aliphatic carbocycles. The van der Waals surface area contributed by atoms with Crippen molar-refractivity contribution in [2.45, 2.75) is 25.9 Å². The molecule has 33 heavy (non-hydrogen) atoms. The Kier molecular flexibility index (Phi) is 9.68. The normalized spacial score (nSPS) is 11.3. The van der Waals surface area contributed by atoms with E-state index in [1.807, 2.05) is 43.4 Å². The van der Waals surface area contributed by atoms with E-state index < -0.39 is 17.9 Å². The molecule has 0 aromatic heterocycles. The van der Waals surface area contributed by atoms with Crippen LogP contribution in [0.4, 0.5) is 0 Å². The molecule has 0 saturated heterocycles. The van der Waals surface area contributed by atoms with Crippen molar-refractivity contribution in [3.8, 4) is 22.6 Å². The quantitative estimate of drug-likeness (QED) is 0.437. The van der Waals surface area contributed by atoms with Gasteiger partial charge in [0.05, 0.1) is 27.9 Å². The Morgan fingerprint density at radius 3 is 2.00 bits per heavy atom. The number of carbonyl (C=O) groups excluding carboxylic acids is 3. The van der Waals surface area contributed by atoms with Crippen molar-refractivity contribution in [2.75, 3.05) is 34.9 Å². The summed E-state index contributed by atoms with van der Waals surface area (Å²) in [6, 6.07) is 10.5. The summed E-state index contributed by atoms with van der Waals surface area (Å²) >= 11 is 0. The van der Waals surface area contributed by atoms with Crippen molar-refractivity contribution in [2.24, 2.45) is 0 Å². The summed E-state index contributed by atoms with van der Waals surface area (Å²) in [5, 5.41) is 8.15. The van der Waals surface area contributed by atoms with Gasteiger partial charge >= 0.3 is 5.97 Å². The van der Waals surface area contributed by atoms with Crippen LogP contribution in [0, 0.1) is 0 Å². The number of ether oxygens (including phenoxy) is 3. The van der Waals surface area contributed by atoms with Crippen LogP contribution in [0.1, 0.15) is 18.1 Å². The zero-order valence-corrected chi connectivity index (χ0v) is 19.6. The summed E-state index contributed by atoms with van der Waals surface area (Å²) in [4.78, 5) is 35.5. The Morgan fingerprint density at radius 2 is 1.48 bits per heavy atom. The third kappa shape index (κ3) is 7.21. The van der Waals surface area contributed by atoms with Crippen molar-refractivity contribution in [1.29, 1.82) is 0 Å². The molecule has 2 amide bonds. The van der Waals surface area contributed by atoms with Crippen molar-refractivity contribution < 1.29 is 28.6 Å². The molecule has 0 aliphatic heterocycles. The minimum Gasteiger partial charge on any atom is -0.496 e. The van der Waals surface area contributed by atoms with Crippen molar-refractivity contribution in [1.82, 2.24) is 16.0 Å². The zero-order chi connectivity index (χ0) is 24.4. The van der Waals surface area contributed by atoms with Gasteiger partial charge in [-0.05, 0) is 42.4 Å². The molecule has 9 nitrogen and oxygen atoms in total. The van der Waals surface area contributed by atoms with Crippen LogP contribution < -0.4 is 25.4 Å². The van der Waals surface area contributed by atoms with Crippen LogP contribution in [-0.2, 0) is 32.1 Å². The lowest BCUT2D eigenvalue weighted by Gasteiger charge is -2.19. The predicted molar refractivity (Wildman–Crippen MR) is 124 cm³/mol. The average molecular weight is 458 g/mol. The first-order valence-corrected chi connectivity index (χ1v) is 10.4. The summed E-state index contributed by atoms with van der Waals surface area (Å²) in [5.41, 5.74) is 3.48. The van der Waals surface area contributed by atoms with E-state index in [1.54, 1.807) is 14.2 Å². The molecule has 178 valence electrons. The van der Waals surface area contributed by atoms with E-state index in [2.05, 4.69) is 16.0 Å². The number of benzene rings is 2. The largest absolute Gasteiger partial charge is 0.496 e. The van der Waals surface area contributed by atoms with Crippen LogP contribution in [0.2, 0.25) is 0 Å². The van der Waals surface area contributed by atoms with Gasteiger partial charge < -0.3 is 30.2 Å². The first-order valence-electron chi connectivity index (χ1n) is 10.4.